The lowest BCUT2D eigenvalue weighted by molar-refractivity contribution is -0.120. The minimum absolute atomic E-state index is 0.0568. The zero-order valence-corrected chi connectivity index (χ0v) is 16.5. The van der Waals surface area contributed by atoms with Gasteiger partial charge in [-0.3, -0.25) is 14.5 Å². The number of carbonyl (C=O) groups is 2. The molecule has 1 aliphatic heterocycles. The highest BCUT2D eigenvalue weighted by Crippen LogP contribution is 2.16. The summed E-state index contributed by atoms with van der Waals surface area (Å²) in [6, 6.07) is 10.6. The number of aliphatic hydroxyl groups is 1. The summed E-state index contributed by atoms with van der Waals surface area (Å²) >= 11 is 0. The molecule has 30 heavy (non-hydrogen) atoms. The van der Waals surface area contributed by atoms with Gasteiger partial charge in [0.1, 0.15) is 0 Å². The molecule has 0 radical (unpaired) electrons. The van der Waals surface area contributed by atoms with E-state index in [1.165, 1.54) is 0 Å². The molecule has 2 aromatic carbocycles. The minimum atomic E-state index is -1.12. The first-order chi connectivity index (χ1) is 14.4. The maximum absolute atomic E-state index is 13.2. The van der Waals surface area contributed by atoms with Crippen LogP contribution in [-0.2, 0) is 17.9 Å². The van der Waals surface area contributed by atoms with Crippen LogP contribution in [0.2, 0.25) is 0 Å². The summed E-state index contributed by atoms with van der Waals surface area (Å²) < 4.78 is 26.2. The molecule has 8 heteroatoms. The van der Waals surface area contributed by atoms with Crippen molar-refractivity contribution in [2.45, 2.75) is 32.0 Å². The fourth-order valence-electron chi connectivity index (χ4n) is 3.36. The van der Waals surface area contributed by atoms with Gasteiger partial charge in [-0.05, 0) is 42.2 Å². The Morgan fingerprint density at radius 1 is 1.00 bits per heavy atom. The van der Waals surface area contributed by atoms with Gasteiger partial charge in [-0.2, -0.15) is 0 Å². The largest absolute Gasteiger partial charge is 0.393 e. The lowest BCUT2D eigenvalue weighted by Gasteiger charge is -2.30. The van der Waals surface area contributed by atoms with Crippen LogP contribution in [0.3, 0.4) is 0 Å². The van der Waals surface area contributed by atoms with Crippen LogP contribution in [0.5, 0.6) is 0 Å². The van der Waals surface area contributed by atoms with Crippen LogP contribution < -0.4 is 10.6 Å². The van der Waals surface area contributed by atoms with Crippen LogP contribution in [0.25, 0.3) is 0 Å². The monoisotopic (exact) mass is 417 g/mol. The first-order valence-corrected chi connectivity index (χ1v) is 9.89. The molecule has 1 fully saturated rings. The zero-order valence-electron chi connectivity index (χ0n) is 16.5. The highest BCUT2D eigenvalue weighted by atomic mass is 19.2. The van der Waals surface area contributed by atoms with Gasteiger partial charge < -0.3 is 15.7 Å². The fourth-order valence-corrected chi connectivity index (χ4v) is 3.36. The second kappa shape index (κ2) is 10.3. The van der Waals surface area contributed by atoms with Gasteiger partial charge in [0, 0.05) is 31.7 Å². The number of likely N-dealkylation sites (tertiary alicyclic amines) is 1. The maximum Gasteiger partial charge on any atom is 0.251 e. The molecule has 0 bridgehead atoms. The number of halogens is 2. The number of aliphatic hydroxyl groups excluding tert-OH is 1. The quantitative estimate of drug-likeness (QED) is 0.644. The Bertz CT molecular complexity index is 899. The predicted molar refractivity (Wildman–Crippen MR) is 107 cm³/mol. The van der Waals surface area contributed by atoms with E-state index in [2.05, 4.69) is 15.5 Å². The van der Waals surface area contributed by atoms with E-state index in [4.69, 9.17) is 0 Å². The molecule has 0 atom stereocenters. The molecule has 0 aliphatic carbocycles. The number of nitrogens with zero attached hydrogens (tertiary/aromatic N) is 1. The highest BCUT2D eigenvalue weighted by molar-refractivity contribution is 5.96. The third-order valence-electron chi connectivity index (χ3n) is 5.14. The van der Waals surface area contributed by atoms with E-state index in [9.17, 15) is 23.5 Å². The maximum atomic E-state index is 13.2. The highest BCUT2D eigenvalue weighted by Gasteiger charge is 2.18. The van der Waals surface area contributed by atoms with E-state index in [0.717, 1.165) is 61.8 Å². The molecular formula is C22H25F2N3O3. The third kappa shape index (κ3) is 6.08. The lowest BCUT2D eigenvalue weighted by Crippen LogP contribution is -2.37. The molecule has 6 nitrogen and oxygen atoms in total. The Morgan fingerprint density at radius 3 is 2.40 bits per heavy atom. The van der Waals surface area contributed by atoms with Crippen molar-refractivity contribution in [3.8, 4) is 0 Å². The minimum Gasteiger partial charge on any atom is -0.393 e. The molecule has 3 rings (SSSR count). The fraction of sp³-hybridized carbons (Fsp3) is 0.364. The van der Waals surface area contributed by atoms with Crippen molar-refractivity contribution >= 4 is 11.8 Å². The van der Waals surface area contributed by atoms with Gasteiger partial charge in [-0.1, -0.05) is 24.3 Å². The Hall–Kier alpha value is -2.84. The topological polar surface area (TPSA) is 81.7 Å². The van der Waals surface area contributed by atoms with Crippen molar-refractivity contribution in [1.82, 2.24) is 15.5 Å². The molecule has 1 saturated heterocycles. The van der Waals surface area contributed by atoms with Gasteiger partial charge in [-0.25, -0.2) is 8.78 Å². The first kappa shape index (κ1) is 21.9. The van der Waals surface area contributed by atoms with Gasteiger partial charge in [0.25, 0.3) is 5.91 Å². The van der Waals surface area contributed by atoms with E-state index < -0.39 is 17.5 Å². The summed E-state index contributed by atoms with van der Waals surface area (Å²) in [5, 5.41) is 14.8. The molecule has 1 aliphatic rings. The number of amides is 2. The zero-order chi connectivity index (χ0) is 21.5. The van der Waals surface area contributed by atoms with E-state index in [-0.39, 0.29) is 24.1 Å². The number of hydrogen-bond acceptors (Lipinski definition) is 4. The van der Waals surface area contributed by atoms with Gasteiger partial charge >= 0.3 is 0 Å². The molecular weight excluding hydrogens is 392 g/mol. The summed E-state index contributed by atoms with van der Waals surface area (Å²) in [7, 11) is 0. The van der Waals surface area contributed by atoms with Crippen molar-refractivity contribution < 1.29 is 23.5 Å². The second-order valence-corrected chi connectivity index (χ2v) is 7.36. The molecule has 1 heterocycles. The van der Waals surface area contributed by atoms with Crippen molar-refractivity contribution in [1.29, 1.82) is 0 Å². The van der Waals surface area contributed by atoms with Crippen LogP contribution in [0.1, 0.15) is 34.3 Å². The number of rotatable bonds is 7. The van der Waals surface area contributed by atoms with Gasteiger partial charge in [-0.15, -0.1) is 0 Å². The molecule has 0 aromatic heterocycles. The average molecular weight is 417 g/mol. The van der Waals surface area contributed by atoms with Crippen molar-refractivity contribution in [2.75, 3.05) is 19.6 Å². The van der Waals surface area contributed by atoms with E-state index in [1.807, 2.05) is 24.3 Å². The smallest absolute Gasteiger partial charge is 0.251 e. The number of benzene rings is 2. The lowest BCUT2D eigenvalue weighted by atomic mass is 10.0. The van der Waals surface area contributed by atoms with Gasteiger partial charge in [0.2, 0.25) is 5.91 Å². The summed E-state index contributed by atoms with van der Waals surface area (Å²) in [6.45, 7) is 2.44. The number of carbonyl (C=O) groups excluding carboxylic acids is 2. The normalized spacial score (nSPS) is 15.0. The van der Waals surface area contributed by atoms with Gasteiger partial charge in [0.05, 0.1) is 12.6 Å². The Labute approximate surface area is 173 Å². The summed E-state index contributed by atoms with van der Waals surface area (Å²) in [4.78, 5) is 26.4. The number of piperidine rings is 1. The van der Waals surface area contributed by atoms with E-state index in [1.54, 1.807) is 0 Å². The van der Waals surface area contributed by atoms with E-state index >= 15 is 0 Å². The molecule has 2 amide bonds. The number of hydrogen-bond donors (Lipinski definition) is 3. The SMILES string of the molecule is O=C(CNC(=O)c1ccc(F)c(F)c1)NCc1ccccc1CN1CCC(O)CC1. The van der Waals surface area contributed by atoms with Crippen molar-refractivity contribution in [3.63, 3.8) is 0 Å². The molecule has 160 valence electrons. The molecule has 2 aromatic rings. The first-order valence-electron chi connectivity index (χ1n) is 9.89. The van der Waals surface area contributed by atoms with E-state index in [0.29, 0.717) is 6.54 Å². The second-order valence-electron chi connectivity index (χ2n) is 7.36. The molecule has 0 unspecified atom stereocenters. The van der Waals surface area contributed by atoms with Crippen LogP contribution in [-0.4, -0.2) is 47.6 Å². The summed E-state index contributed by atoms with van der Waals surface area (Å²) in [6.07, 6.45) is 1.30. The summed E-state index contributed by atoms with van der Waals surface area (Å²) in [5.74, 6) is -3.20. The van der Waals surface area contributed by atoms with Crippen molar-refractivity contribution in [2.24, 2.45) is 0 Å². The van der Waals surface area contributed by atoms with Crippen LogP contribution in [0.4, 0.5) is 8.78 Å². The molecule has 0 saturated carbocycles. The average Bonchev–Trinajstić information content (AvgIpc) is 2.75. The summed E-state index contributed by atoms with van der Waals surface area (Å²) in [5.41, 5.74) is 2.02. The standard InChI is InChI=1S/C22H25F2N3O3/c23-19-6-5-15(11-20(19)24)22(30)26-13-21(29)25-12-16-3-1-2-4-17(16)14-27-9-7-18(28)8-10-27/h1-6,11,18,28H,7-10,12-14H2,(H,25,29)(H,26,30). The predicted octanol–water partition coefficient (Wildman–Crippen LogP) is 1.97. The Kier molecular flexibility index (Phi) is 7.48. The van der Waals surface area contributed by atoms with Crippen LogP contribution in [0, 0.1) is 11.6 Å². The molecule has 0 spiro atoms. The number of nitrogens with one attached hydrogen (secondary N) is 2. The third-order valence-corrected chi connectivity index (χ3v) is 5.14. The Balaban J connectivity index is 1.48. The Morgan fingerprint density at radius 2 is 1.70 bits per heavy atom. The van der Waals surface area contributed by atoms with Crippen molar-refractivity contribution in [3.05, 3.63) is 70.8 Å². The molecule has 3 N–H and O–H groups in total. The van der Waals surface area contributed by atoms with Crippen LogP contribution in [0.15, 0.2) is 42.5 Å². The van der Waals surface area contributed by atoms with Crippen LogP contribution >= 0.6 is 0 Å². The van der Waals surface area contributed by atoms with Gasteiger partial charge in [0.15, 0.2) is 11.6 Å².